The lowest BCUT2D eigenvalue weighted by Crippen LogP contribution is -2.50. The van der Waals surface area contributed by atoms with Crippen LogP contribution in [0.15, 0.2) is 72.8 Å². The second-order valence-corrected chi connectivity index (χ2v) is 8.75. The van der Waals surface area contributed by atoms with Crippen LogP contribution in [0.1, 0.15) is 36.6 Å². The minimum absolute atomic E-state index is 0.253. The first kappa shape index (κ1) is 21.7. The molecule has 0 spiro atoms. The van der Waals surface area contributed by atoms with Crippen LogP contribution < -0.4 is 10.1 Å². The van der Waals surface area contributed by atoms with E-state index in [1.54, 1.807) is 7.11 Å². The van der Waals surface area contributed by atoms with E-state index in [4.69, 9.17) is 25.8 Å². The van der Waals surface area contributed by atoms with Crippen molar-refractivity contribution in [2.24, 2.45) is 0 Å². The molecule has 5 heteroatoms. The molecule has 0 bridgehead atoms. The minimum atomic E-state index is -0.550. The van der Waals surface area contributed by atoms with E-state index in [2.05, 4.69) is 23.5 Å². The van der Waals surface area contributed by atoms with E-state index >= 15 is 0 Å². The van der Waals surface area contributed by atoms with Gasteiger partial charge in [0.2, 0.25) is 0 Å². The van der Waals surface area contributed by atoms with E-state index in [0.717, 1.165) is 29.1 Å². The van der Waals surface area contributed by atoms with Crippen molar-refractivity contribution in [2.75, 3.05) is 12.4 Å². The Bertz CT molecular complexity index is 1020. The van der Waals surface area contributed by atoms with Crippen molar-refractivity contribution < 1.29 is 14.2 Å². The average molecular weight is 438 g/mol. The smallest absolute Gasteiger partial charge is 0.132 e. The molecule has 1 aliphatic heterocycles. The van der Waals surface area contributed by atoms with E-state index in [1.165, 1.54) is 5.56 Å². The summed E-state index contributed by atoms with van der Waals surface area (Å²) in [5.74, 6) is 0.824. The predicted octanol–water partition coefficient (Wildman–Crippen LogP) is 6.40. The lowest BCUT2D eigenvalue weighted by atomic mass is 9.88. The van der Waals surface area contributed by atoms with Crippen LogP contribution in [0.4, 0.5) is 5.69 Å². The molecular weight excluding hydrogens is 410 g/mol. The zero-order valence-electron chi connectivity index (χ0n) is 18.1. The highest BCUT2D eigenvalue weighted by Gasteiger charge is 2.45. The van der Waals surface area contributed by atoms with Gasteiger partial charge in [-0.3, -0.25) is 0 Å². The van der Waals surface area contributed by atoms with Gasteiger partial charge in [0.15, 0.2) is 0 Å². The summed E-state index contributed by atoms with van der Waals surface area (Å²) in [6.45, 7) is 5.25. The molecule has 1 N–H and O–H groups in total. The SMILES string of the molecule is COC1c2cc(NCc3ccccc3)ccc2OC(C)(C)C1OCc1cccc(Cl)c1. The molecule has 0 fully saturated rings. The maximum Gasteiger partial charge on any atom is 0.132 e. The Morgan fingerprint density at radius 1 is 0.968 bits per heavy atom. The van der Waals surface area contributed by atoms with Gasteiger partial charge in [0.05, 0.1) is 6.61 Å². The van der Waals surface area contributed by atoms with E-state index in [-0.39, 0.29) is 12.2 Å². The highest BCUT2D eigenvalue weighted by molar-refractivity contribution is 6.30. The second-order valence-electron chi connectivity index (χ2n) is 8.32. The minimum Gasteiger partial charge on any atom is -0.485 e. The molecule has 3 aromatic rings. The molecule has 162 valence electrons. The van der Waals surface area contributed by atoms with Crippen LogP contribution in [-0.2, 0) is 22.6 Å². The number of anilines is 1. The number of hydrogen-bond donors (Lipinski definition) is 1. The first-order valence-electron chi connectivity index (χ1n) is 10.5. The normalized spacial score (nSPS) is 19.4. The third-order valence-electron chi connectivity index (χ3n) is 5.56. The Morgan fingerprint density at radius 2 is 1.74 bits per heavy atom. The standard InChI is InChI=1S/C26H28ClNO3/c1-26(2)25(30-17-19-10-7-11-20(27)14-19)24(29-3)22-15-21(12-13-23(22)31-26)28-16-18-8-5-4-6-9-18/h4-15,24-25,28H,16-17H2,1-3H3. The van der Waals surface area contributed by atoms with Crippen LogP contribution in [0.5, 0.6) is 5.75 Å². The van der Waals surface area contributed by atoms with Crippen LogP contribution in [0.25, 0.3) is 0 Å². The second kappa shape index (κ2) is 9.31. The van der Waals surface area contributed by atoms with Gasteiger partial charge in [-0.25, -0.2) is 0 Å². The van der Waals surface area contributed by atoms with Gasteiger partial charge in [-0.05, 0) is 55.3 Å². The van der Waals surface area contributed by atoms with Crippen LogP contribution in [0, 0.1) is 0 Å². The molecule has 2 atom stereocenters. The van der Waals surface area contributed by atoms with Crippen LogP contribution in [0.2, 0.25) is 5.02 Å². The van der Waals surface area contributed by atoms with Crippen molar-refractivity contribution >= 4 is 17.3 Å². The topological polar surface area (TPSA) is 39.7 Å². The monoisotopic (exact) mass is 437 g/mol. The number of methoxy groups -OCH3 is 1. The zero-order valence-corrected chi connectivity index (χ0v) is 18.9. The van der Waals surface area contributed by atoms with Gasteiger partial charge in [0.1, 0.15) is 23.6 Å². The van der Waals surface area contributed by atoms with Crippen molar-refractivity contribution in [1.82, 2.24) is 0 Å². The number of rotatable bonds is 7. The van der Waals surface area contributed by atoms with E-state index < -0.39 is 5.60 Å². The summed E-state index contributed by atoms with van der Waals surface area (Å²) in [4.78, 5) is 0. The summed E-state index contributed by atoms with van der Waals surface area (Å²) in [5, 5.41) is 4.19. The lowest BCUT2D eigenvalue weighted by Gasteiger charge is -2.44. The number of benzene rings is 3. The van der Waals surface area contributed by atoms with Crippen LogP contribution in [0.3, 0.4) is 0 Å². The quantitative estimate of drug-likeness (QED) is 0.464. The fourth-order valence-electron chi connectivity index (χ4n) is 3.99. The number of fused-ring (bicyclic) bond motifs is 1. The number of hydrogen-bond acceptors (Lipinski definition) is 4. The molecule has 1 aliphatic rings. The molecular formula is C26H28ClNO3. The third-order valence-corrected chi connectivity index (χ3v) is 5.80. The maximum absolute atomic E-state index is 6.34. The summed E-state index contributed by atoms with van der Waals surface area (Å²) in [6, 6.07) is 24.2. The first-order chi connectivity index (χ1) is 15.0. The number of nitrogens with one attached hydrogen (secondary N) is 1. The highest BCUT2D eigenvalue weighted by atomic mass is 35.5. The molecule has 0 amide bonds. The fraction of sp³-hybridized carbons (Fsp3) is 0.308. The molecule has 0 aliphatic carbocycles. The van der Waals surface area contributed by atoms with Crippen molar-refractivity contribution in [2.45, 2.75) is 44.8 Å². The van der Waals surface area contributed by atoms with Gasteiger partial charge < -0.3 is 19.5 Å². The molecule has 1 heterocycles. The Kier molecular flexibility index (Phi) is 6.51. The summed E-state index contributed by atoms with van der Waals surface area (Å²) < 4.78 is 18.6. The molecule has 0 saturated heterocycles. The Balaban J connectivity index is 1.54. The van der Waals surface area contributed by atoms with E-state index in [9.17, 15) is 0 Å². The van der Waals surface area contributed by atoms with Gasteiger partial charge in [-0.15, -0.1) is 0 Å². The molecule has 2 unspecified atom stereocenters. The van der Waals surface area contributed by atoms with E-state index in [0.29, 0.717) is 11.6 Å². The average Bonchev–Trinajstić information content (AvgIpc) is 2.76. The van der Waals surface area contributed by atoms with Crippen molar-refractivity contribution in [1.29, 1.82) is 0 Å². The number of ether oxygens (including phenoxy) is 3. The maximum atomic E-state index is 6.34. The molecule has 0 saturated carbocycles. The summed E-state index contributed by atoms with van der Waals surface area (Å²) in [5.41, 5.74) is 3.69. The Labute approximate surface area is 189 Å². The van der Waals surface area contributed by atoms with Crippen molar-refractivity contribution in [3.05, 3.63) is 94.5 Å². The molecule has 31 heavy (non-hydrogen) atoms. The van der Waals surface area contributed by atoms with Crippen LogP contribution in [-0.4, -0.2) is 18.8 Å². The predicted molar refractivity (Wildman–Crippen MR) is 125 cm³/mol. The largest absolute Gasteiger partial charge is 0.485 e. The molecule has 0 aromatic heterocycles. The lowest BCUT2D eigenvalue weighted by molar-refractivity contribution is -0.159. The van der Waals surface area contributed by atoms with E-state index in [1.807, 2.05) is 68.4 Å². The third kappa shape index (κ3) is 5.04. The molecule has 4 nitrogen and oxygen atoms in total. The summed E-state index contributed by atoms with van der Waals surface area (Å²) in [7, 11) is 1.72. The van der Waals surface area contributed by atoms with Gasteiger partial charge >= 0.3 is 0 Å². The van der Waals surface area contributed by atoms with Gasteiger partial charge in [0.25, 0.3) is 0 Å². The highest BCUT2D eigenvalue weighted by Crippen LogP contribution is 2.44. The van der Waals surface area contributed by atoms with Crippen molar-refractivity contribution in [3.8, 4) is 5.75 Å². The first-order valence-corrected chi connectivity index (χ1v) is 10.8. The summed E-state index contributed by atoms with van der Waals surface area (Å²) in [6.07, 6.45) is -0.537. The van der Waals surface area contributed by atoms with Crippen LogP contribution >= 0.6 is 11.6 Å². The Hall–Kier alpha value is -2.53. The zero-order chi connectivity index (χ0) is 21.8. The summed E-state index contributed by atoms with van der Waals surface area (Å²) >= 11 is 6.12. The fourth-order valence-corrected chi connectivity index (χ4v) is 4.21. The molecule has 0 radical (unpaired) electrons. The van der Waals surface area contributed by atoms with Crippen molar-refractivity contribution in [3.63, 3.8) is 0 Å². The molecule has 3 aromatic carbocycles. The van der Waals surface area contributed by atoms with Gasteiger partial charge in [-0.2, -0.15) is 0 Å². The number of halogens is 1. The van der Waals surface area contributed by atoms with Gasteiger partial charge in [0, 0.05) is 29.9 Å². The Morgan fingerprint density at radius 3 is 2.48 bits per heavy atom. The molecule has 4 rings (SSSR count). The van der Waals surface area contributed by atoms with Gasteiger partial charge in [-0.1, -0.05) is 54.1 Å².